The van der Waals surface area contributed by atoms with Crippen LogP contribution in [-0.2, 0) is 0 Å². The quantitative estimate of drug-likeness (QED) is 0.668. The number of hydrogen-bond acceptors (Lipinski definition) is 3. The number of carbonyl (C=O) groups is 1. The van der Waals surface area contributed by atoms with Crippen molar-refractivity contribution < 1.29 is 4.79 Å². The van der Waals surface area contributed by atoms with Crippen LogP contribution in [-0.4, -0.2) is 34.7 Å². The van der Waals surface area contributed by atoms with E-state index in [1.165, 1.54) is 12.6 Å². The van der Waals surface area contributed by atoms with E-state index in [-0.39, 0.29) is 11.4 Å². The Hall–Kier alpha value is -1.36. The molecule has 0 aliphatic carbocycles. The van der Waals surface area contributed by atoms with Gasteiger partial charge in [-0.05, 0) is 26.3 Å². The molecule has 0 radical (unpaired) electrons. The molecule has 1 aromatic rings. The number of rotatable bonds is 3. The zero-order chi connectivity index (χ0) is 10.7. The summed E-state index contributed by atoms with van der Waals surface area (Å²) in [7, 11) is 0. The second-order valence-electron chi connectivity index (χ2n) is 4.26. The number of amides is 1. The number of H-pyrrole nitrogens is 1. The number of aromatic nitrogens is 2. The molecule has 1 atom stereocenters. The Labute approximate surface area is 88.6 Å². The van der Waals surface area contributed by atoms with E-state index in [1.54, 1.807) is 6.20 Å². The summed E-state index contributed by atoms with van der Waals surface area (Å²) in [6.07, 6.45) is 5.41. The molecule has 5 heteroatoms. The molecular formula is C10H16N4O. The smallest absolute Gasteiger partial charge is 0.254 e. The highest BCUT2D eigenvalue weighted by Crippen LogP contribution is 2.17. The van der Waals surface area contributed by atoms with Gasteiger partial charge in [-0.3, -0.25) is 9.89 Å². The molecule has 1 saturated heterocycles. The normalized spacial score (nSPS) is 25.4. The number of nitrogens with zero attached hydrogens (tertiary/aromatic N) is 1. The van der Waals surface area contributed by atoms with Crippen molar-refractivity contribution in [3.63, 3.8) is 0 Å². The zero-order valence-corrected chi connectivity index (χ0v) is 8.84. The lowest BCUT2D eigenvalue weighted by atomic mass is 10.0. The van der Waals surface area contributed by atoms with Gasteiger partial charge in [0.1, 0.15) is 0 Å². The molecule has 3 N–H and O–H groups in total. The zero-order valence-electron chi connectivity index (χ0n) is 8.84. The van der Waals surface area contributed by atoms with E-state index in [9.17, 15) is 4.79 Å². The van der Waals surface area contributed by atoms with Gasteiger partial charge >= 0.3 is 0 Å². The summed E-state index contributed by atoms with van der Waals surface area (Å²) in [5.41, 5.74) is 0.635. The fourth-order valence-corrected chi connectivity index (χ4v) is 1.86. The SMILES string of the molecule is CC1(CNC(=O)c2cn[nH]c2)CCCN1. The number of nitrogens with one attached hydrogen (secondary N) is 3. The van der Waals surface area contributed by atoms with Crippen molar-refractivity contribution in [2.75, 3.05) is 13.1 Å². The van der Waals surface area contributed by atoms with Crippen LogP contribution in [0, 0.1) is 0 Å². The Kier molecular flexibility index (Phi) is 2.73. The van der Waals surface area contributed by atoms with Gasteiger partial charge in [0, 0.05) is 18.3 Å². The van der Waals surface area contributed by atoms with E-state index in [0.717, 1.165) is 13.0 Å². The predicted molar refractivity (Wildman–Crippen MR) is 56.6 cm³/mol. The fraction of sp³-hybridized carbons (Fsp3) is 0.600. The van der Waals surface area contributed by atoms with Crippen LogP contribution in [0.1, 0.15) is 30.1 Å². The summed E-state index contributed by atoms with van der Waals surface area (Å²) in [6.45, 7) is 3.84. The van der Waals surface area contributed by atoms with Crippen LogP contribution in [0.25, 0.3) is 0 Å². The van der Waals surface area contributed by atoms with Gasteiger partial charge in [-0.25, -0.2) is 0 Å². The summed E-state index contributed by atoms with van der Waals surface area (Å²) < 4.78 is 0. The van der Waals surface area contributed by atoms with E-state index in [0.29, 0.717) is 12.1 Å². The molecular weight excluding hydrogens is 192 g/mol. The van der Waals surface area contributed by atoms with Gasteiger partial charge in [0.2, 0.25) is 0 Å². The molecule has 5 nitrogen and oxygen atoms in total. The lowest BCUT2D eigenvalue weighted by Gasteiger charge is -2.24. The lowest BCUT2D eigenvalue weighted by Crippen LogP contribution is -2.47. The summed E-state index contributed by atoms with van der Waals surface area (Å²) in [5, 5.41) is 12.7. The van der Waals surface area contributed by atoms with Crippen molar-refractivity contribution in [1.29, 1.82) is 0 Å². The van der Waals surface area contributed by atoms with Gasteiger partial charge in [-0.1, -0.05) is 0 Å². The summed E-state index contributed by atoms with van der Waals surface area (Å²) in [5.74, 6) is -0.0707. The minimum Gasteiger partial charge on any atom is -0.350 e. The third kappa shape index (κ3) is 2.36. The molecule has 1 fully saturated rings. The van der Waals surface area contributed by atoms with Gasteiger partial charge < -0.3 is 10.6 Å². The molecule has 1 aliphatic rings. The molecule has 15 heavy (non-hydrogen) atoms. The third-order valence-corrected chi connectivity index (χ3v) is 2.86. The molecule has 1 aromatic heterocycles. The van der Waals surface area contributed by atoms with Crippen molar-refractivity contribution in [3.8, 4) is 0 Å². The topological polar surface area (TPSA) is 69.8 Å². The minimum absolute atomic E-state index is 0.0550. The Morgan fingerprint density at radius 3 is 3.20 bits per heavy atom. The highest BCUT2D eigenvalue weighted by atomic mass is 16.1. The first-order valence-electron chi connectivity index (χ1n) is 5.22. The van der Waals surface area contributed by atoms with Gasteiger partial charge in [-0.15, -0.1) is 0 Å². The first-order chi connectivity index (χ1) is 7.20. The molecule has 2 heterocycles. The number of aromatic amines is 1. The Bertz CT molecular complexity index is 327. The Morgan fingerprint density at radius 1 is 1.73 bits per heavy atom. The van der Waals surface area contributed by atoms with E-state index >= 15 is 0 Å². The second-order valence-corrected chi connectivity index (χ2v) is 4.26. The first kappa shape index (κ1) is 10.2. The molecule has 82 valence electrons. The Morgan fingerprint density at radius 2 is 2.60 bits per heavy atom. The summed E-state index contributed by atoms with van der Waals surface area (Å²) >= 11 is 0. The van der Waals surface area contributed by atoms with Gasteiger partial charge in [0.15, 0.2) is 0 Å². The van der Waals surface area contributed by atoms with E-state index in [2.05, 4.69) is 27.8 Å². The maximum Gasteiger partial charge on any atom is 0.254 e. The highest BCUT2D eigenvalue weighted by molar-refractivity contribution is 5.93. The van der Waals surface area contributed by atoms with Crippen molar-refractivity contribution in [3.05, 3.63) is 18.0 Å². The van der Waals surface area contributed by atoms with Crippen molar-refractivity contribution >= 4 is 5.91 Å². The van der Waals surface area contributed by atoms with Crippen LogP contribution < -0.4 is 10.6 Å². The van der Waals surface area contributed by atoms with E-state index in [4.69, 9.17) is 0 Å². The molecule has 0 spiro atoms. The Balaban J connectivity index is 1.85. The van der Waals surface area contributed by atoms with Crippen LogP contribution in [0.4, 0.5) is 0 Å². The standard InChI is InChI=1S/C10H16N4O/c1-10(3-2-4-12-10)7-11-9(15)8-5-13-14-6-8/h5-6,12H,2-4,7H2,1H3,(H,11,15)(H,13,14). The summed E-state index contributed by atoms with van der Waals surface area (Å²) in [6, 6.07) is 0. The van der Waals surface area contributed by atoms with E-state index in [1.807, 2.05) is 0 Å². The molecule has 0 aromatic carbocycles. The predicted octanol–water partition coefficient (Wildman–Crippen LogP) is 0.282. The van der Waals surface area contributed by atoms with Crippen LogP contribution in [0.15, 0.2) is 12.4 Å². The van der Waals surface area contributed by atoms with E-state index < -0.39 is 0 Å². The highest BCUT2D eigenvalue weighted by Gasteiger charge is 2.28. The first-order valence-corrected chi connectivity index (χ1v) is 5.22. The molecule has 1 aliphatic heterocycles. The largest absolute Gasteiger partial charge is 0.350 e. The molecule has 1 amide bonds. The van der Waals surface area contributed by atoms with Crippen LogP contribution in [0.3, 0.4) is 0 Å². The monoisotopic (exact) mass is 208 g/mol. The van der Waals surface area contributed by atoms with Gasteiger partial charge in [-0.2, -0.15) is 5.10 Å². The van der Waals surface area contributed by atoms with Crippen molar-refractivity contribution in [1.82, 2.24) is 20.8 Å². The average Bonchev–Trinajstić information content (AvgIpc) is 2.85. The maximum absolute atomic E-state index is 11.6. The van der Waals surface area contributed by atoms with Gasteiger partial charge in [0.25, 0.3) is 5.91 Å². The number of carbonyl (C=O) groups excluding carboxylic acids is 1. The van der Waals surface area contributed by atoms with Crippen LogP contribution >= 0.6 is 0 Å². The maximum atomic E-state index is 11.6. The number of hydrogen-bond donors (Lipinski definition) is 3. The second kappa shape index (κ2) is 4.02. The third-order valence-electron chi connectivity index (χ3n) is 2.86. The molecule has 1 unspecified atom stereocenters. The minimum atomic E-state index is -0.0707. The van der Waals surface area contributed by atoms with Crippen molar-refractivity contribution in [2.45, 2.75) is 25.3 Å². The fourth-order valence-electron chi connectivity index (χ4n) is 1.86. The van der Waals surface area contributed by atoms with Crippen LogP contribution in [0.5, 0.6) is 0 Å². The molecule has 0 bridgehead atoms. The summed E-state index contributed by atoms with van der Waals surface area (Å²) in [4.78, 5) is 11.6. The van der Waals surface area contributed by atoms with Crippen molar-refractivity contribution in [2.24, 2.45) is 0 Å². The molecule has 2 rings (SSSR count). The van der Waals surface area contributed by atoms with Crippen LogP contribution in [0.2, 0.25) is 0 Å². The average molecular weight is 208 g/mol. The van der Waals surface area contributed by atoms with Gasteiger partial charge in [0.05, 0.1) is 11.8 Å². The molecule has 0 saturated carbocycles. The lowest BCUT2D eigenvalue weighted by molar-refractivity contribution is 0.0943.